The normalized spacial score (nSPS) is 10.5. The number of rotatable bonds is 8. The summed E-state index contributed by atoms with van der Waals surface area (Å²) >= 11 is 0. The summed E-state index contributed by atoms with van der Waals surface area (Å²) in [7, 11) is 0. The van der Waals surface area contributed by atoms with Crippen LogP contribution in [0.15, 0.2) is 97.6 Å². The molecule has 1 amide bonds. The van der Waals surface area contributed by atoms with E-state index in [4.69, 9.17) is 4.74 Å². The minimum absolute atomic E-state index is 0.0893. The van der Waals surface area contributed by atoms with Crippen LogP contribution in [0.2, 0.25) is 0 Å². The van der Waals surface area contributed by atoms with E-state index in [0.29, 0.717) is 18.7 Å². The predicted molar refractivity (Wildman–Crippen MR) is 116 cm³/mol. The van der Waals surface area contributed by atoms with Crippen molar-refractivity contribution in [2.24, 2.45) is 0 Å². The third-order valence-corrected chi connectivity index (χ3v) is 4.77. The molecule has 150 valence electrons. The van der Waals surface area contributed by atoms with E-state index in [1.54, 1.807) is 12.5 Å². The van der Waals surface area contributed by atoms with Crippen LogP contribution in [-0.4, -0.2) is 15.5 Å². The molecule has 0 saturated heterocycles. The number of aromatic nitrogens is 2. The lowest BCUT2D eigenvalue weighted by molar-refractivity contribution is 0.0951. The smallest absolute Gasteiger partial charge is 0.251 e. The maximum Gasteiger partial charge on any atom is 0.251 e. The van der Waals surface area contributed by atoms with E-state index in [0.717, 1.165) is 29.0 Å². The Balaban J connectivity index is 1.26. The highest BCUT2D eigenvalue weighted by atomic mass is 16.5. The summed E-state index contributed by atoms with van der Waals surface area (Å²) in [4.78, 5) is 16.5. The molecule has 0 fully saturated rings. The molecule has 0 unspecified atom stereocenters. The molecule has 0 spiro atoms. The van der Waals surface area contributed by atoms with Gasteiger partial charge in [0, 0.05) is 31.0 Å². The number of carbonyl (C=O) groups is 1. The van der Waals surface area contributed by atoms with E-state index in [-0.39, 0.29) is 5.91 Å². The lowest BCUT2D eigenvalue weighted by Gasteiger charge is -2.09. The summed E-state index contributed by atoms with van der Waals surface area (Å²) in [5.74, 6) is 0.719. The van der Waals surface area contributed by atoms with Gasteiger partial charge in [-0.3, -0.25) is 4.79 Å². The number of hydrogen-bond acceptors (Lipinski definition) is 3. The molecule has 1 heterocycles. The zero-order valence-corrected chi connectivity index (χ0v) is 16.6. The van der Waals surface area contributed by atoms with E-state index in [2.05, 4.69) is 10.3 Å². The van der Waals surface area contributed by atoms with Crippen molar-refractivity contribution in [1.29, 1.82) is 0 Å². The van der Waals surface area contributed by atoms with E-state index < -0.39 is 0 Å². The van der Waals surface area contributed by atoms with Crippen LogP contribution < -0.4 is 10.1 Å². The molecular weight excluding hydrogens is 374 g/mol. The number of imidazole rings is 1. The topological polar surface area (TPSA) is 56.1 Å². The Labute approximate surface area is 176 Å². The number of ether oxygens (including phenoxy) is 1. The zero-order valence-electron chi connectivity index (χ0n) is 16.6. The van der Waals surface area contributed by atoms with Crippen molar-refractivity contribution in [3.05, 3.63) is 120 Å². The number of benzene rings is 3. The van der Waals surface area contributed by atoms with Gasteiger partial charge in [-0.25, -0.2) is 4.98 Å². The number of amides is 1. The molecule has 0 bridgehead atoms. The molecule has 3 aromatic carbocycles. The minimum Gasteiger partial charge on any atom is -0.489 e. The Morgan fingerprint density at radius 2 is 1.60 bits per heavy atom. The average molecular weight is 397 g/mol. The summed E-state index contributed by atoms with van der Waals surface area (Å²) in [5.41, 5.74) is 3.92. The van der Waals surface area contributed by atoms with Gasteiger partial charge in [0.15, 0.2) is 0 Å². The lowest BCUT2D eigenvalue weighted by Crippen LogP contribution is -2.22. The fourth-order valence-corrected chi connectivity index (χ4v) is 3.08. The summed E-state index contributed by atoms with van der Waals surface area (Å²) in [6, 6.07) is 25.5. The first-order valence-electron chi connectivity index (χ1n) is 9.85. The van der Waals surface area contributed by atoms with Crippen LogP contribution in [-0.2, 0) is 19.7 Å². The van der Waals surface area contributed by atoms with Crippen molar-refractivity contribution in [2.45, 2.75) is 19.7 Å². The predicted octanol–water partition coefficient (Wildman–Crippen LogP) is 4.44. The largest absolute Gasteiger partial charge is 0.489 e. The van der Waals surface area contributed by atoms with E-state index >= 15 is 0 Å². The van der Waals surface area contributed by atoms with Crippen molar-refractivity contribution >= 4 is 5.91 Å². The van der Waals surface area contributed by atoms with E-state index in [9.17, 15) is 4.79 Å². The standard InChI is InChI=1S/C25H23N3O2/c29-25(23-10-6-21(7-11-23)17-28-15-14-26-19-28)27-16-20-8-12-24(13-9-20)30-18-22-4-2-1-3-5-22/h1-15,19H,16-18H2,(H,27,29). The first-order valence-corrected chi connectivity index (χ1v) is 9.85. The zero-order chi connectivity index (χ0) is 20.6. The SMILES string of the molecule is O=C(NCc1ccc(OCc2ccccc2)cc1)c1ccc(Cn2ccnc2)cc1. The summed E-state index contributed by atoms with van der Waals surface area (Å²) < 4.78 is 7.79. The highest BCUT2D eigenvalue weighted by Crippen LogP contribution is 2.14. The van der Waals surface area contributed by atoms with Crippen molar-refractivity contribution in [1.82, 2.24) is 14.9 Å². The second-order valence-corrected chi connectivity index (χ2v) is 7.03. The van der Waals surface area contributed by atoms with Crippen LogP contribution in [0.4, 0.5) is 0 Å². The van der Waals surface area contributed by atoms with Crippen LogP contribution in [0.5, 0.6) is 5.75 Å². The van der Waals surface area contributed by atoms with Crippen molar-refractivity contribution in [2.75, 3.05) is 0 Å². The summed E-state index contributed by atoms with van der Waals surface area (Å²) in [6.07, 6.45) is 5.45. The first-order chi connectivity index (χ1) is 14.8. The molecule has 0 saturated carbocycles. The molecule has 0 radical (unpaired) electrons. The van der Waals surface area contributed by atoms with Crippen molar-refractivity contribution in [3.8, 4) is 5.75 Å². The molecular formula is C25H23N3O2. The fourth-order valence-electron chi connectivity index (χ4n) is 3.08. The molecule has 4 aromatic rings. The molecule has 1 N–H and O–H groups in total. The molecule has 5 heteroatoms. The molecule has 5 nitrogen and oxygen atoms in total. The molecule has 0 atom stereocenters. The second-order valence-electron chi connectivity index (χ2n) is 7.03. The minimum atomic E-state index is -0.0893. The Morgan fingerprint density at radius 1 is 0.867 bits per heavy atom. The van der Waals surface area contributed by atoms with Crippen LogP contribution >= 0.6 is 0 Å². The van der Waals surface area contributed by atoms with Gasteiger partial charge in [0.1, 0.15) is 12.4 Å². The Bertz CT molecular complexity index is 1060. The van der Waals surface area contributed by atoms with Crippen LogP contribution in [0.3, 0.4) is 0 Å². The van der Waals surface area contributed by atoms with Gasteiger partial charge >= 0.3 is 0 Å². The highest BCUT2D eigenvalue weighted by Gasteiger charge is 2.06. The number of nitrogens with one attached hydrogen (secondary N) is 1. The third-order valence-electron chi connectivity index (χ3n) is 4.77. The van der Waals surface area contributed by atoms with Gasteiger partial charge < -0.3 is 14.6 Å². The Hall–Kier alpha value is -3.86. The van der Waals surface area contributed by atoms with Gasteiger partial charge in [-0.05, 0) is 41.0 Å². The lowest BCUT2D eigenvalue weighted by atomic mass is 10.1. The Kier molecular flexibility index (Phi) is 6.20. The van der Waals surface area contributed by atoms with Gasteiger partial charge in [-0.1, -0.05) is 54.6 Å². The molecule has 1 aromatic heterocycles. The van der Waals surface area contributed by atoms with Gasteiger partial charge in [0.05, 0.1) is 6.33 Å². The van der Waals surface area contributed by atoms with E-state index in [1.807, 2.05) is 89.6 Å². The summed E-state index contributed by atoms with van der Waals surface area (Å²) in [6.45, 7) is 1.74. The maximum absolute atomic E-state index is 12.4. The van der Waals surface area contributed by atoms with Crippen LogP contribution in [0, 0.1) is 0 Å². The molecule has 0 aliphatic rings. The average Bonchev–Trinajstić information content (AvgIpc) is 3.31. The maximum atomic E-state index is 12.4. The van der Waals surface area contributed by atoms with Gasteiger partial charge in [-0.2, -0.15) is 0 Å². The molecule has 0 aliphatic carbocycles. The molecule has 30 heavy (non-hydrogen) atoms. The Morgan fingerprint density at radius 3 is 2.30 bits per heavy atom. The van der Waals surface area contributed by atoms with Crippen molar-refractivity contribution < 1.29 is 9.53 Å². The van der Waals surface area contributed by atoms with Crippen molar-refractivity contribution in [3.63, 3.8) is 0 Å². The monoisotopic (exact) mass is 397 g/mol. The van der Waals surface area contributed by atoms with Gasteiger partial charge in [0.2, 0.25) is 0 Å². The fraction of sp³-hybridized carbons (Fsp3) is 0.120. The molecule has 4 rings (SSSR count). The van der Waals surface area contributed by atoms with Gasteiger partial charge in [0.25, 0.3) is 5.91 Å². The first kappa shape index (κ1) is 19.5. The number of nitrogens with zero attached hydrogens (tertiary/aromatic N) is 2. The number of hydrogen-bond donors (Lipinski definition) is 1. The molecule has 0 aliphatic heterocycles. The third kappa shape index (κ3) is 5.35. The highest BCUT2D eigenvalue weighted by molar-refractivity contribution is 5.94. The van der Waals surface area contributed by atoms with E-state index in [1.165, 1.54) is 0 Å². The van der Waals surface area contributed by atoms with Crippen LogP contribution in [0.25, 0.3) is 0 Å². The second kappa shape index (κ2) is 9.56. The van der Waals surface area contributed by atoms with Gasteiger partial charge in [-0.15, -0.1) is 0 Å². The van der Waals surface area contributed by atoms with Crippen LogP contribution in [0.1, 0.15) is 27.0 Å². The quantitative estimate of drug-likeness (QED) is 0.478. The number of carbonyl (C=O) groups excluding carboxylic acids is 1. The summed E-state index contributed by atoms with van der Waals surface area (Å²) in [5, 5.41) is 2.96.